The first-order valence-electron chi connectivity index (χ1n) is 4.99. The Balaban J connectivity index is 2.48. The number of likely N-dealkylation sites (tertiary alicyclic amines) is 1. The molecule has 1 amide bonds. The lowest BCUT2D eigenvalue weighted by molar-refractivity contribution is 0.211. The van der Waals surface area contributed by atoms with Crippen LogP contribution in [0.1, 0.15) is 33.1 Å². The quantitative estimate of drug-likeness (QED) is 0.684. The van der Waals surface area contributed by atoms with Crippen LogP contribution < -0.4 is 0 Å². The van der Waals surface area contributed by atoms with Crippen molar-refractivity contribution in [2.24, 2.45) is 5.92 Å². The van der Waals surface area contributed by atoms with Crippen LogP contribution in [0.25, 0.3) is 0 Å². The first kappa shape index (κ1) is 10.9. The van der Waals surface area contributed by atoms with E-state index >= 15 is 0 Å². The summed E-state index contributed by atoms with van der Waals surface area (Å²) in [5.74, 6) is 0.695. The van der Waals surface area contributed by atoms with Crippen molar-refractivity contribution in [3.05, 3.63) is 0 Å². The summed E-state index contributed by atoms with van der Waals surface area (Å²) >= 11 is 1.34. The van der Waals surface area contributed by atoms with E-state index in [9.17, 15) is 4.79 Å². The van der Waals surface area contributed by atoms with Gasteiger partial charge in [-0.1, -0.05) is 25.6 Å². The SMILES string of the molecule is CSC(=O)N1CCC[C@@H]1CC(C)C. The molecule has 1 rings (SSSR count). The van der Waals surface area contributed by atoms with Crippen molar-refractivity contribution < 1.29 is 4.79 Å². The average Bonchev–Trinajstić information content (AvgIpc) is 2.50. The second kappa shape index (κ2) is 4.89. The summed E-state index contributed by atoms with van der Waals surface area (Å²) in [5, 5.41) is 0.253. The van der Waals surface area contributed by atoms with Crippen LogP contribution in [-0.2, 0) is 0 Å². The number of amides is 1. The number of nitrogens with zero attached hydrogens (tertiary/aromatic N) is 1. The molecule has 0 radical (unpaired) electrons. The van der Waals surface area contributed by atoms with Gasteiger partial charge in [0.25, 0.3) is 5.24 Å². The van der Waals surface area contributed by atoms with Crippen LogP contribution in [0.5, 0.6) is 0 Å². The fraction of sp³-hybridized carbons (Fsp3) is 0.900. The maximum Gasteiger partial charge on any atom is 0.281 e. The highest BCUT2D eigenvalue weighted by Crippen LogP contribution is 2.25. The Morgan fingerprint density at radius 2 is 2.31 bits per heavy atom. The number of carbonyl (C=O) groups excluding carboxylic acids is 1. The van der Waals surface area contributed by atoms with Crippen molar-refractivity contribution in [1.29, 1.82) is 0 Å². The van der Waals surface area contributed by atoms with Crippen molar-refractivity contribution >= 4 is 17.0 Å². The molecule has 0 saturated carbocycles. The molecular weight excluding hydrogens is 182 g/mol. The first-order chi connectivity index (χ1) is 6.15. The molecule has 0 aliphatic carbocycles. The number of carbonyl (C=O) groups is 1. The van der Waals surface area contributed by atoms with E-state index < -0.39 is 0 Å². The summed E-state index contributed by atoms with van der Waals surface area (Å²) in [6, 6.07) is 0.514. The summed E-state index contributed by atoms with van der Waals surface area (Å²) in [6.45, 7) is 5.41. The second-order valence-electron chi connectivity index (χ2n) is 4.09. The maximum absolute atomic E-state index is 11.5. The number of hydrogen-bond acceptors (Lipinski definition) is 2. The van der Waals surface area contributed by atoms with Crippen LogP contribution in [0.15, 0.2) is 0 Å². The van der Waals surface area contributed by atoms with E-state index in [-0.39, 0.29) is 5.24 Å². The number of thioether (sulfide) groups is 1. The van der Waals surface area contributed by atoms with Crippen LogP contribution in [0.4, 0.5) is 4.79 Å². The van der Waals surface area contributed by atoms with E-state index in [0.29, 0.717) is 12.0 Å². The van der Waals surface area contributed by atoms with Gasteiger partial charge in [0.05, 0.1) is 0 Å². The Morgan fingerprint density at radius 3 is 2.85 bits per heavy atom. The summed E-state index contributed by atoms with van der Waals surface area (Å²) in [7, 11) is 0. The monoisotopic (exact) mass is 201 g/mol. The Labute approximate surface area is 85.1 Å². The van der Waals surface area contributed by atoms with Crippen molar-refractivity contribution in [1.82, 2.24) is 4.90 Å². The van der Waals surface area contributed by atoms with Gasteiger partial charge in [-0.05, 0) is 31.4 Å². The highest BCUT2D eigenvalue weighted by Gasteiger charge is 2.28. The van der Waals surface area contributed by atoms with Gasteiger partial charge >= 0.3 is 0 Å². The molecular formula is C10H19NOS. The molecule has 0 spiro atoms. The second-order valence-corrected chi connectivity index (χ2v) is 4.85. The molecule has 2 nitrogen and oxygen atoms in total. The van der Waals surface area contributed by atoms with Crippen molar-refractivity contribution in [3.8, 4) is 0 Å². The summed E-state index contributed by atoms with van der Waals surface area (Å²) in [4.78, 5) is 13.5. The molecule has 0 aromatic heterocycles. The summed E-state index contributed by atoms with van der Waals surface area (Å²) in [5.41, 5.74) is 0. The largest absolute Gasteiger partial charge is 0.331 e. The van der Waals surface area contributed by atoms with Crippen LogP contribution in [-0.4, -0.2) is 29.0 Å². The maximum atomic E-state index is 11.5. The van der Waals surface area contributed by atoms with Gasteiger partial charge < -0.3 is 4.90 Å². The minimum Gasteiger partial charge on any atom is -0.331 e. The predicted octanol–water partition coefficient (Wildman–Crippen LogP) is 2.98. The van der Waals surface area contributed by atoms with Gasteiger partial charge in [0.15, 0.2) is 0 Å². The zero-order chi connectivity index (χ0) is 9.84. The fourth-order valence-corrected chi connectivity index (χ4v) is 2.46. The Kier molecular flexibility index (Phi) is 4.10. The van der Waals surface area contributed by atoms with E-state index in [1.807, 2.05) is 11.2 Å². The topological polar surface area (TPSA) is 20.3 Å². The van der Waals surface area contributed by atoms with Gasteiger partial charge in [0.1, 0.15) is 0 Å². The lowest BCUT2D eigenvalue weighted by Crippen LogP contribution is -2.33. The minimum absolute atomic E-state index is 0.253. The molecule has 76 valence electrons. The molecule has 3 heteroatoms. The lowest BCUT2D eigenvalue weighted by atomic mass is 10.0. The third kappa shape index (κ3) is 2.90. The van der Waals surface area contributed by atoms with E-state index in [2.05, 4.69) is 13.8 Å². The molecule has 1 fully saturated rings. The van der Waals surface area contributed by atoms with E-state index in [0.717, 1.165) is 13.0 Å². The zero-order valence-electron chi connectivity index (χ0n) is 8.75. The predicted molar refractivity (Wildman–Crippen MR) is 58.1 cm³/mol. The molecule has 1 saturated heterocycles. The van der Waals surface area contributed by atoms with E-state index in [1.54, 1.807) is 0 Å². The number of hydrogen-bond donors (Lipinski definition) is 0. The highest BCUT2D eigenvalue weighted by molar-refractivity contribution is 8.12. The van der Waals surface area contributed by atoms with Gasteiger partial charge in [-0.25, -0.2) is 0 Å². The van der Waals surface area contributed by atoms with Crippen molar-refractivity contribution in [3.63, 3.8) is 0 Å². The van der Waals surface area contributed by atoms with Gasteiger partial charge in [-0.3, -0.25) is 4.79 Å². The van der Waals surface area contributed by atoms with Crippen molar-refractivity contribution in [2.75, 3.05) is 12.8 Å². The van der Waals surface area contributed by atoms with Gasteiger partial charge in [0, 0.05) is 12.6 Å². The smallest absolute Gasteiger partial charge is 0.281 e. The van der Waals surface area contributed by atoms with Crippen LogP contribution >= 0.6 is 11.8 Å². The first-order valence-corrected chi connectivity index (χ1v) is 6.22. The Bertz CT molecular complexity index is 182. The Hall–Kier alpha value is -0.180. The number of rotatable bonds is 2. The normalized spacial score (nSPS) is 22.8. The summed E-state index contributed by atoms with van der Waals surface area (Å²) in [6.07, 6.45) is 5.41. The minimum atomic E-state index is 0.253. The molecule has 1 aliphatic heterocycles. The molecule has 0 bridgehead atoms. The molecule has 0 aromatic rings. The van der Waals surface area contributed by atoms with Crippen molar-refractivity contribution in [2.45, 2.75) is 39.2 Å². The van der Waals surface area contributed by atoms with Crippen LogP contribution in [0.3, 0.4) is 0 Å². The van der Waals surface area contributed by atoms with Crippen LogP contribution in [0.2, 0.25) is 0 Å². The zero-order valence-corrected chi connectivity index (χ0v) is 9.56. The molecule has 0 N–H and O–H groups in total. The highest BCUT2D eigenvalue weighted by atomic mass is 32.2. The third-order valence-corrected chi connectivity index (χ3v) is 3.11. The summed E-state index contributed by atoms with van der Waals surface area (Å²) < 4.78 is 0. The lowest BCUT2D eigenvalue weighted by Gasteiger charge is -2.24. The molecule has 0 unspecified atom stereocenters. The van der Waals surface area contributed by atoms with Gasteiger partial charge in [-0.15, -0.1) is 0 Å². The van der Waals surface area contributed by atoms with Gasteiger partial charge in [0.2, 0.25) is 0 Å². The fourth-order valence-electron chi connectivity index (χ4n) is 1.98. The molecule has 1 heterocycles. The molecule has 0 aromatic carbocycles. The third-order valence-electron chi connectivity index (χ3n) is 2.53. The van der Waals surface area contributed by atoms with Crippen LogP contribution in [0, 0.1) is 5.92 Å². The molecule has 1 atom stereocenters. The average molecular weight is 201 g/mol. The van der Waals surface area contributed by atoms with E-state index in [4.69, 9.17) is 0 Å². The van der Waals surface area contributed by atoms with Gasteiger partial charge in [-0.2, -0.15) is 0 Å². The Morgan fingerprint density at radius 1 is 1.62 bits per heavy atom. The standard InChI is InChI=1S/C10H19NOS/c1-8(2)7-9-5-4-6-11(9)10(12)13-3/h8-9H,4-7H2,1-3H3/t9-/m1/s1. The molecule has 1 aliphatic rings. The molecule has 13 heavy (non-hydrogen) atoms. The van der Waals surface area contributed by atoms with E-state index in [1.165, 1.54) is 24.6 Å².